The van der Waals surface area contributed by atoms with E-state index in [0.717, 1.165) is 0 Å². The van der Waals surface area contributed by atoms with Crippen LogP contribution in [-0.4, -0.2) is 16.4 Å². The Morgan fingerprint density at radius 1 is 1.75 bits per heavy atom. The molecule has 0 heterocycles. The molecule has 8 heavy (non-hydrogen) atoms. The predicted octanol–water partition coefficient (Wildman–Crippen LogP) is -2.13. The topological polar surface area (TPSA) is 81.3 Å². The molecule has 5 heteroatoms. The third-order valence-corrected chi connectivity index (χ3v) is 0. The second-order valence-corrected chi connectivity index (χ2v) is 0.506. The monoisotopic (exact) mass is 143 g/mol. The van der Waals surface area contributed by atoms with Crippen LogP contribution >= 0.6 is 0 Å². The van der Waals surface area contributed by atoms with Gasteiger partial charge in [-0.05, 0) is 0 Å². The van der Waals surface area contributed by atoms with Gasteiger partial charge in [-0.15, -0.1) is 0 Å². The summed E-state index contributed by atoms with van der Waals surface area (Å²) in [5, 5.41) is 21.3. The summed E-state index contributed by atoms with van der Waals surface area (Å²) in [5.74, 6) is 0. The van der Waals surface area contributed by atoms with E-state index in [1.807, 2.05) is 0 Å². The summed E-state index contributed by atoms with van der Waals surface area (Å²) in [6.07, 6.45) is -1.83. The van der Waals surface area contributed by atoms with E-state index in [-0.39, 0.29) is 52.8 Å². The van der Waals surface area contributed by atoms with E-state index in [1.54, 1.807) is 6.07 Å². The van der Waals surface area contributed by atoms with E-state index in [9.17, 15) is 0 Å². The van der Waals surface area contributed by atoms with Gasteiger partial charge in [-0.3, -0.25) is 0 Å². The summed E-state index contributed by atoms with van der Waals surface area (Å²) in [6.45, 7) is 1.43. The molecule has 0 fully saturated rings. The summed E-state index contributed by atoms with van der Waals surface area (Å²) >= 11 is 0. The van der Waals surface area contributed by atoms with Crippen LogP contribution in [0.2, 0.25) is 0 Å². The average Bonchev–Trinajstić information content (AvgIpc) is 1.33. The van der Waals surface area contributed by atoms with Crippen molar-refractivity contribution in [2.75, 3.05) is 0 Å². The fraction of sp³-hybridized carbons (Fsp3) is 0.333. The molecule has 0 saturated heterocycles. The van der Waals surface area contributed by atoms with Crippen molar-refractivity contribution in [3.8, 4) is 6.07 Å². The SMILES string of the molecule is CC#N.O=C(O)O.[H-].[K+]. The minimum absolute atomic E-state index is 0. The van der Waals surface area contributed by atoms with Gasteiger partial charge in [0.1, 0.15) is 0 Å². The van der Waals surface area contributed by atoms with Crippen LogP contribution < -0.4 is 51.4 Å². The Kier molecular flexibility index (Phi) is 30.9. The maximum atomic E-state index is 8.56. The Bertz CT molecular complexity index is 87.5. The molecule has 0 unspecified atom stereocenters. The van der Waals surface area contributed by atoms with Gasteiger partial charge >= 0.3 is 57.5 Å². The molecule has 0 aliphatic rings. The molecule has 0 aromatic carbocycles. The van der Waals surface area contributed by atoms with Crippen LogP contribution in [0.15, 0.2) is 0 Å². The van der Waals surface area contributed by atoms with E-state index in [0.29, 0.717) is 0 Å². The molecule has 0 aromatic rings. The molecule has 0 bridgehead atoms. The van der Waals surface area contributed by atoms with Gasteiger partial charge in [0.15, 0.2) is 0 Å². The Morgan fingerprint density at radius 3 is 1.75 bits per heavy atom. The molecular formula is C3H6KNO3. The van der Waals surface area contributed by atoms with Crippen LogP contribution in [0.4, 0.5) is 4.79 Å². The smallest absolute Gasteiger partial charge is 1.00 e. The number of nitrogens with zero attached hydrogens (tertiary/aromatic N) is 1. The molecule has 0 aromatic heterocycles. The molecule has 42 valence electrons. The Labute approximate surface area is 91.0 Å². The van der Waals surface area contributed by atoms with Crippen molar-refractivity contribution in [1.82, 2.24) is 0 Å². The largest absolute Gasteiger partial charge is 1.00 e. The first-order valence-electron chi connectivity index (χ1n) is 1.37. The van der Waals surface area contributed by atoms with E-state index < -0.39 is 6.16 Å². The fourth-order valence-electron chi connectivity index (χ4n) is 0. The first-order valence-corrected chi connectivity index (χ1v) is 1.37. The van der Waals surface area contributed by atoms with Gasteiger partial charge in [0.05, 0.1) is 6.07 Å². The van der Waals surface area contributed by atoms with Crippen molar-refractivity contribution in [2.24, 2.45) is 0 Å². The van der Waals surface area contributed by atoms with Crippen molar-refractivity contribution in [2.45, 2.75) is 6.92 Å². The Balaban J connectivity index is -0.0000000233. The quantitative estimate of drug-likeness (QED) is 0.379. The Morgan fingerprint density at radius 2 is 1.75 bits per heavy atom. The third-order valence-electron chi connectivity index (χ3n) is 0. The molecule has 0 aliphatic heterocycles. The number of carbonyl (C=O) groups is 1. The van der Waals surface area contributed by atoms with Crippen molar-refractivity contribution >= 4 is 6.16 Å². The van der Waals surface area contributed by atoms with Crippen LogP contribution in [0.1, 0.15) is 8.35 Å². The molecule has 0 atom stereocenters. The van der Waals surface area contributed by atoms with Crippen LogP contribution in [0.3, 0.4) is 0 Å². The second kappa shape index (κ2) is 15.7. The summed E-state index contributed by atoms with van der Waals surface area (Å²) in [6, 6.07) is 1.75. The molecule has 4 nitrogen and oxygen atoms in total. The molecule has 0 amide bonds. The van der Waals surface area contributed by atoms with Crippen LogP contribution in [0, 0.1) is 11.3 Å². The average molecular weight is 143 g/mol. The van der Waals surface area contributed by atoms with E-state index in [1.165, 1.54) is 6.92 Å². The molecule has 0 saturated carbocycles. The van der Waals surface area contributed by atoms with Crippen molar-refractivity contribution < 1.29 is 67.8 Å². The van der Waals surface area contributed by atoms with Crippen molar-refractivity contribution in [3.05, 3.63) is 0 Å². The van der Waals surface area contributed by atoms with Gasteiger partial charge < -0.3 is 11.6 Å². The van der Waals surface area contributed by atoms with Gasteiger partial charge in [-0.2, -0.15) is 5.26 Å². The van der Waals surface area contributed by atoms with Crippen molar-refractivity contribution in [1.29, 1.82) is 5.26 Å². The van der Waals surface area contributed by atoms with Crippen LogP contribution in [0.5, 0.6) is 0 Å². The first kappa shape index (κ1) is 15.8. The number of hydrogen-bond acceptors (Lipinski definition) is 2. The van der Waals surface area contributed by atoms with Gasteiger partial charge in [0.25, 0.3) is 0 Å². The van der Waals surface area contributed by atoms with Gasteiger partial charge in [0.2, 0.25) is 0 Å². The summed E-state index contributed by atoms with van der Waals surface area (Å²) < 4.78 is 0. The maximum absolute atomic E-state index is 8.56. The molecule has 0 rings (SSSR count). The zero-order valence-corrected chi connectivity index (χ0v) is 7.87. The minimum atomic E-state index is -1.83. The zero-order chi connectivity index (χ0) is 6.28. The Hall–Kier alpha value is 0.396. The van der Waals surface area contributed by atoms with Gasteiger partial charge in [-0.25, -0.2) is 4.79 Å². The standard InChI is InChI=1S/C2H3N.CH2O3.K.H/c1-2-3;2-1(3)4;;/h1H3;(H2,2,3,4);;/q;;+1;-1. The summed E-state index contributed by atoms with van der Waals surface area (Å²) in [7, 11) is 0. The third kappa shape index (κ3) is 1190. The van der Waals surface area contributed by atoms with Crippen LogP contribution in [0.25, 0.3) is 0 Å². The minimum Gasteiger partial charge on any atom is -1.00 e. The predicted molar refractivity (Wildman–Crippen MR) is 23.1 cm³/mol. The molecule has 0 radical (unpaired) electrons. The fourth-order valence-corrected chi connectivity index (χ4v) is 0. The van der Waals surface area contributed by atoms with E-state index >= 15 is 0 Å². The number of rotatable bonds is 0. The van der Waals surface area contributed by atoms with E-state index in [4.69, 9.17) is 20.3 Å². The number of hydrogen-bond donors (Lipinski definition) is 2. The first-order chi connectivity index (χ1) is 3.15. The second-order valence-electron chi connectivity index (χ2n) is 0.506. The van der Waals surface area contributed by atoms with Gasteiger partial charge in [-0.1, -0.05) is 0 Å². The normalized spacial score (nSPS) is 4.00. The molecule has 0 aliphatic carbocycles. The van der Waals surface area contributed by atoms with Crippen molar-refractivity contribution in [3.63, 3.8) is 0 Å². The maximum Gasteiger partial charge on any atom is 1.00 e. The molecular weight excluding hydrogens is 137 g/mol. The van der Waals surface area contributed by atoms with E-state index in [2.05, 4.69) is 0 Å². The number of nitriles is 1. The zero-order valence-electron chi connectivity index (χ0n) is 5.75. The van der Waals surface area contributed by atoms with Crippen LogP contribution in [-0.2, 0) is 0 Å². The molecule has 0 spiro atoms. The van der Waals surface area contributed by atoms with Gasteiger partial charge in [0, 0.05) is 6.92 Å². The molecule has 2 N–H and O–H groups in total. The number of carboxylic acid groups (broad SMARTS) is 2. The summed E-state index contributed by atoms with van der Waals surface area (Å²) in [4.78, 5) is 8.56. The summed E-state index contributed by atoms with van der Waals surface area (Å²) in [5.41, 5.74) is 0.